The molecule has 0 aliphatic carbocycles. The summed E-state index contributed by atoms with van der Waals surface area (Å²) >= 11 is 0. The van der Waals surface area contributed by atoms with Crippen molar-refractivity contribution in [2.45, 2.75) is 24.9 Å². The normalized spacial score (nSPS) is 12.3. The number of carbonyl (C=O) groups excluding carboxylic acids is 4. The van der Waals surface area contributed by atoms with E-state index in [1.54, 1.807) is 0 Å². The van der Waals surface area contributed by atoms with Crippen molar-refractivity contribution in [3.63, 3.8) is 0 Å². The SMILES string of the molecule is NC(=O)CC(NC(=O)c1ccc(C(=O)NC(CC(N)=O)C(=O)O)cc1)C(=O)O. The fourth-order valence-electron chi connectivity index (χ4n) is 2.06. The minimum atomic E-state index is -1.52. The van der Waals surface area contributed by atoms with Crippen molar-refractivity contribution in [2.75, 3.05) is 0 Å². The Bertz CT molecular complexity index is 738. The Kier molecular flexibility index (Phi) is 7.62. The van der Waals surface area contributed by atoms with Gasteiger partial charge in [-0.05, 0) is 24.3 Å². The second-order valence-electron chi connectivity index (χ2n) is 5.65. The Morgan fingerprint density at radius 2 is 1.00 bits per heavy atom. The van der Waals surface area contributed by atoms with E-state index in [0.29, 0.717) is 0 Å². The minimum Gasteiger partial charge on any atom is -0.480 e. The van der Waals surface area contributed by atoms with Crippen molar-refractivity contribution >= 4 is 35.6 Å². The van der Waals surface area contributed by atoms with Crippen molar-refractivity contribution in [1.29, 1.82) is 0 Å². The van der Waals surface area contributed by atoms with E-state index in [-0.39, 0.29) is 11.1 Å². The number of primary amides is 2. The fraction of sp³-hybridized carbons (Fsp3) is 0.250. The van der Waals surface area contributed by atoms with Gasteiger partial charge < -0.3 is 32.3 Å². The first-order valence-corrected chi connectivity index (χ1v) is 7.75. The molecule has 12 nitrogen and oxygen atoms in total. The highest BCUT2D eigenvalue weighted by Crippen LogP contribution is 2.07. The number of nitrogens with one attached hydrogen (secondary N) is 2. The zero-order valence-electron chi connectivity index (χ0n) is 14.4. The molecule has 0 bridgehead atoms. The number of carboxylic acid groups (broad SMARTS) is 2. The Balaban J connectivity index is 2.83. The van der Waals surface area contributed by atoms with Gasteiger partial charge in [0.2, 0.25) is 11.8 Å². The molecule has 0 aromatic heterocycles. The van der Waals surface area contributed by atoms with Crippen molar-refractivity contribution in [2.24, 2.45) is 11.5 Å². The molecule has 150 valence electrons. The number of nitrogens with two attached hydrogens (primary N) is 2. The van der Waals surface area contributed by atoms with Gasteiger partial charge in [0.05, 0.1) is 12.8 Å². The van der Waals surface area contributed by atoms with E-state index in [0.717, 1.165) is 0 Å². The zero-order valence-corrected chi connectivity index (χ0v) is 14.4. The lowest BCUT2D eigenvalue weighted by Gasteiger charge is -2.14. The Hall–Kier alpha value is -3.96. The first-order chi connectivity index (χ1) is 13.0. The summed E-state index contributed by atoms with van der Waals surface area (Å²) in [6.45, 7) is 0. The summed E-state index contributed by atoms with van der Waals surface area (Å²) in [6, 6.07) is 1.74. The Morgan fingerprint density at radius 3 is 1.21 bits per heavy atom. The molecule has 0 fully saturated rings. The summed E-state index contributed by atoms with van der Waals surface area (Å²) in [7, 11) is 0. The largest absolute Gasteiger partial charge is 0.480 e. The third kappa shape index (κ3) is 6.74. The summed E-state index contributed by atoms with van der Waals surface area (Å²) in [5, 5.41) is 22.2. The maximum Gasteiger partial charge on any atom is 0.326 e. The third-order valence-electron chi connectivity index (χ3n) is 3.43. The van der Waals surface area contributed by atoms with E-state index in [4.69, 9.17) is 21.7 Å². The fourth-order valence-corrected chi connectivity index (χ4v) is 2.06. The predicted octanol–water partition coefficient (Wildman–Crippen LogP) is -2.20. The smallest absolute Gasteiger partial charge is 0.326 e. The van der Waals surface area contributed by atoms with Crippen LogP contribution in [0.5, 0.6) is 0 Å². The molecule has 28 heavy (non-hydrogen) atoms. The second kappa shape index (κ2) is 9.66. The van der Waals surface area contributed by atoms with Gasteiger partial charge in [-0.3, -0.25) is 19.2 Å². The van der Waals surface area contributed by atoms with Crippen LogP contribution in [0, 0.1) is 0 Å². The van der Waals surface area contributed by atoms with Gasteiger partial charge in [-0.1, -0.05) is 0 Å². The van der Waals surface area contributed by atoms with Crippen LogP contribution in [0.25, 0.3) is 0 Å². The molecule has 4 amide bonds. The molecule has 0 radical (unpaired) electrons. The minimum absolute atomic E-state index is 0.0146. The molecule has 0 saturated heterocycles. The van der Waals surface area contributed by atoms with Crippen LogP contribution in [-0.2, 0) is 19.2 Å². The standard InChI is InChI=1S/C16H18N4O8/c17-11(21)5-9(15(25)26)19-13(23)7-1-2-8(4-3-7)14(24)20-10(16(27)28)6-12(18)22/h1-4,9-10H,5-6H2,(H2,17,21)(H2,18,22)(H,19,23)(H,20,24)(H,25,26)(H,27,28). The van der Waals surface area contributed by atoms with Gasteiger partial charge in [-0.2, -0.15) is 0 Å². The van der Waals surface area contributed by atoms with Crippen LogP contribution in [-0.4, -0.2) is 57.9 Å². The number of rotatable bonds is 10. The molecular weight excluding hydrogens is 376 g/mol. The lowest BCUT2D eigenvalue weighted by atomic mass is 10.1. The molecule has 2 unspecified atom stereocenters. The van der Waals surface area contributed by atoms with Gasteiger partial charge in [-0.15, -0.1) is 0 Å². The second-order valence-corrected chi connectivity index (χ2v) is 5.65. The van der Waals surface area contributed by atoms with E-state index in [1.807, 2.05) is 0 Å². The van der Waals surface area contributed by atoms with E-state index < -0.39 is 60.5 Å². The molecule has 1 aromatic rings. The van der Waals surface area contributed by atoms with Gasteiger partial charge in [0, 0.05) is 11.1 Å². The molecule has 1 aromatic carbocycles. The predicted molar refractivity (Wildman–Crippen MR) is 91.8 cm³/mol. The summed E-state index contributed by atoms with van der Waals surface area (Å²) in [5.41, 5.74) is 9.81. The molecule has 0 heterocycles. The molecular formula is C16H18N4O8. The number of hydrogen-bond donors (Lipinski definition) is 6. The lowest BCUT2D eigenvalue weighted by Crippen LogP contribution is -2.43. The maximum absolute atomic E-state index is 12.1. The third-order valence-corrected chi connectivity index (χ3v) is 3.43. The van der Waals surface area contributed by atoms with Crippen molar-refractivity contribution in [3.05, 3.63) is 35.4 Å². The van der Waals surface area contributed by atoms with Crippen LogP contribution < -0.4 is 22.1 Å². The van der Waals surface area contributed by atoms with Gasteiger partial charge in [0.25, 0.3) is 11.8 Å². The molecule has 12 heteroatoms. The van der Waals surface area contributed by atoms with Crippen LogP contribution in [0.4, 0.5) is 0 Å². The number of carbonyl (C=O) groups is 6. The number of hydrogen-bond acceptors (Lipinski definition) is 6. The molecule has 0 aliphatic heterocycles. The van der Waals surface area contributed by atoms with Crippen LogP contribution in [0.1, 0.15) is 33.6 Å². The topological polar surface area (TPSA) is 219 Å². The van der Waals surface area contributed by atoms with Crippen molar-refractivity contribution < 1.29 is 39.0 Å². The van der Waals surface area contributed by atoms with E-state index in [1.165, 1.54) is 24.3 Å². The number of benzene rings is 1. The van der Waals surface area contributed by atoms with Gasteiger partial charge in [0.1, 0.15) is 12.1 Å². The summed E-state index contributed by atoms with van der Waals surface area (Å²) in [5.74, 6) is -6.36. The first-order valence-electron chi connectivity index (χ1n) is 7.75. The average Bonchev–Trinajstić information content (AvgIpc) is 2.59. The highest BCUT2D eigenvalue weighted by atomic mass is 16.4. The van der Waals surface area contributed by atoms with E-state index in [2.05, 4.69) is 10.6 Å². The lowest BCUT2D eigenvalue weighted by molar-refractivity contribution is -0.141. The van der Waals surface area contributed by atoms with Crippen molar-refractivity contribution in [1.82, 2.24) is 10.6 Å². The number of amides is 4. The summed E-state index contributed by atoms with van der Waals surface area (Å²) in [6.07, 6.45) is -1.20. The van der Waals surface area contributed by atoms with Crippen LogP contribution in [0.2, 0.25) is 0 Å². The van der Waals surface area contributed by atoms with Crippen LogP contribution in [0.15, 0.2) is 24.3 Å². The van der Waals surface area contributed by atoms with Crippen LogP contribution in [0.3, 0.4) is 0 Å². The molecule has 0 saturated carbocycles. The average molecular weight is 394 g/mol. The van der Waals surface area contributed by atoms with Crippen molar-refractivity contribution in [3.8, 4) is 0 Å². The highest BCUT2D eigenvalue weighted by molar-refractivity contribution is 6.00. The summed E-state index contributed by atoms with van der Waals surface area (Å²) in [4.78, 5) is 67.8. The summed E-state index contributed by atoms with van der Waals surface area (Å²) < 4.78 is 0. The first kappa shape index (κ1) is 22.1. The number of carboxylic acids is 2. The zero-order chi connectivity index (χ0) is 21.4. The molecule has 0 spiro atoms. The molecule has 1 rings (SSSR count). The van der Waals surface area contributed by atoms with Gasteiger partial charge >= 0.3 is 11.9 Å². The Morgan fingerprint density at radius 1 is 0.714 bits per heavy atom. The van der Waals surface area contributed by atoms with E-state index >= 15 is 0 Å². The van der Waals surface area contributed by atoms with Gasteiger partial charge in [0.15, 0.2) is 0 Å². The Labute approximate surface area is 157 Å². The van der Waals surface area contributed by atoms with Gasteiger partial charge in [-0.25, -0.2) is 9.59 Å². The monoisotopic (exact) mass is 394 g/mol. The molecule has 0 aliphatic rings. The quantitative estimate of drug-likeness (QED) is 0.255. The maximum atomic E-state index is 12.1. The number of aliphatic carboxylic acids is 2. The van der Waals surface area contributed by atoms with Crippen LogP contribution >= 0.6 is 0 Å². The molecule has 8 N–H and O–H groups in total. The molecule has 2 atom stereocenters. The highest BCUT2D eigenvalue weighted by Gasteiger charge is 2.24. The van der Waals surface area contributed by atoms with E-state index in [9.17, 15) is 28.8 Å².